The summed E-state index contributed by atoms with van der Waals surface area (Å²) >= 11 is 0. The smallest absolute Gasteiger partial charge is 0.131 e. The molecule has 1 aromatic rings. The third-order valence-electron chi connectivity index (χ3n) is 3.80. The van der Waals surface area contributed by atoms with Gasteiger partial charge in [-0.1, -0.05) is 19.9 Å². The van der Waals surface area contributed by atoms with Crippen molar-refractivity contribution in [2.75, 3.05) is 27.7 Å². The van der Waals surface area contributed by atoms with Crippen molar-refractivity contribution in [2.45, 2.75) is 39.3 Å². The van der Waals surface area contributed by atoms with Gasteiger partial charge in [-0.05, 0) is 45.5 Å². The van der Waals surface area contributed by atoms with E-state index in [0.29, 0.717) is 23.3 Å². The van der Waals surface area contributed by atoms with Crippen molar-refractivity contribution in [1.82, 2.24) is 10.2 Å². The molecule has 21 heavy (non-hydrogen) atoms. The molecule has 1 aromatic carbocycles. The fourth-order valence-electron chi connectivity index (χ4n) is 2.55. The molecule has 0 aliphatic carbocycles. The number of hydrogen-bond donors (Lipinski definition) is 1. The van der Waals surface area contributed by atoms with Crippen molar-refractivity contribution in [1.29, 1.82) is 0 Å². The maximum Gasteiger partial charge on any atom is 0.131 e. The largest absolute Gasteiger partial charge is 0.496 e. The van der Waals surface area contributed by atoms with E-state index in [-0.39, 0.29) is 11.9 Å². The SMILES string of the molecule is COc1cccc(F)c1C(C)NCC(CC(C)C)N(C)C. The van der Waals surface area contributed by atoms with Crippen LogP contribution in [0.15, 0.2) is 18.2 Å². The predicted octanol–water partition coefficient (Wildman–Crippen LogP) is 3.46. The molecule has 0 bridgehead atoms. The Morgan fingerprint density at radius 1 is 1.24 bits per heavy atom. The highest BCUT2D eigenvalue weighted by Crippen LogP contribution is 2.27. The number of likely N-dealkylation sites (N-methyl/N-ethyl adjacent to an activating group) is 1. The number of methoxy groups -OCH3 is 1. The van der Waals surface area contributed by atoms with Crippen molar-refractivity contribution >= 4 is 0 Å². The average molecular weight is 296 g/mol. The summed E-state index contributed by atoms with van der Waals surface area (Å²) in [4.78, 5) is 2.22. The van der Waals surface area contributed by atoms with E-state index in [2.05, 4.69) is 38.2 Å². The van der Waals surface area contributed by atoms with Gasteiger partial charge in [-0.25, -0.2) is 4.39 Å². The lowest BCUT2D eigenvalue weighted by atomic mass is 10.0. The van der Waals surface area contributed by atoms with Gasteiger partial charge in [-0.2, -0.15) is 0 Å². The van der Waals surface area contributed by atoms with Crippen LogP contribution in [0.4, 0.5) is 4.39 Å². The molecule has 0 amide bonds. The lowest BCUT2D eigenvalue weighted by Gasteiger charge is -2.28. The second kappa shape index (κ2) is 8.35. The fourth-order valence-corrected chi connectivity index (χ4v) is 2.55. The number of benzene rings is 1. The van der Waals surface area contributed by atoms with Crippen molar-refractivity contribution in [3.8, 4) is 5.75 Å². The van der Waals surface area contributed by atoms with Crippen LogP contribution in [-0.4, -0.2) is 38.7 Å². The Hall–Kier alpha value is -1.13. The van der Waals surface area contributed by atoms with Gasteiger partial charge in [0.25, 0.3) is 0 Å². The van der Waals surface area contributed by atoms with Crippen molar-refractivity contribution in [3.05, 3.63) is 29.6 Å². The van der Waals surface area contributed by atoms with Gasteiger partial charge in [-0.3, -0.25) is 0 Å². The van der Waals surface area contributed by atoms with E-state index in [0.717, 1.165) is 13.0 Å². The highest BCUT2D eigenvalue weighted by molar-refractivity contribution is 5.36. The van der Waals surface area contributed by atoms with Gasteiger partial charge in [0, 0.05) is 24.2 Å². The molecule has 4 heteroatoms. The van der Waals surface area contributed by atoms with Crippen LogP contribution < -0.4 is 10.1 Å². The van der Waals surface area contributed by atoms with Gasteiger partial charge in [0.2, 0.25) is 0 Å². The van der Waals surface area contributed by atoms with Crippen LogP contribution in [0.1, 0.15) is 38.8 Å². The molecule has 0 spiro atoms. The number of hydrogen-bond acceptors (Lipinski definition) is 3. The number of nitrogens with zero attached hydrogens (tertiary/aromatic N) is 1. The molecule has 0 aliphatic heterocycles. The first-order chi connectivity index (χ1) is 9.86. The lowest BCUT2D eigenvalue weighted by Crippen LogP contribution is -2.39. The molecule has 1 N–H and O–H groups in total. The third-order valence-corrected chi connectivity index (χ3v) is 3.80. The van der Waals surface area contributed by atoms with Gasteiger partial charge in [0.05, 0.1) is 7.11 Å². The molecular weight excluding hydrogens is 267 g/mol. The maximum absolute atomic E-state index is 14.1. The molecule has 3 nitrogen and oxygen atoms in total. The summed E-state index contributed by atoms with van der Waals surface area (Å²) in [6, 6.07) is 5.30. The summed E-state index contributed by atoms with van der Waals surface area (Å²) < 4.78 is 19.3. The van der Waals surface area contributed by atoms with E-state index in [9.17, 15) is 4.39 Å². The highest BCUT2D eigenvalue weighted by Gasteiger charge is 2.19. The van der Waals surface area contributed by atoms with Gasteiger partial charge < -0.3 is 15.0 Å². The van der Waals surface area contributed by atoms with Crippen LogP contribution >= 0.6 is 0 Å². The molecule has 2 atom stereocenters. The van der Waals surface area contributed by atoms with Gasteiger partial charge in [0.1, 0.15) is 11.6 Å². The first-order valence-electron chi connectivity index (χ1n) is 7.59. The van der Waals surface area contributed by atoms with Crippen LogP contribution in [-0.2, 0) is 0 Å². The van der Waals surface area contributed by atoms with Crippen LogP contribution in [0, 0.1) is 11.7 Å². The molecule has 120 valence electrons. The normalized spacial score (nSPS) is 14.5. The van der Waals surface area contributed by atoms with Gasteiger partial charge in [-0.15, -0.1) is 0 Å². The molecular formula is C17H29FN2O. The number of halogens is 1. The summed E-state index contributed by atoms with van der Waals surface area (Å²) in [5.74, 6) is 1.01. The Labute approximate surface area is 128 Å². The van der Waals surface area contributed by atoms with Crippen LogP contribution in [0.3, 0.4) is 0 Å². The zero-order valence-corrected chi connectivity index (χ0v) is 14.1. The van der Waals surface area contributed by atoms with Crippen LogP contribution in [0.25, 0.3) is 0 Å². The Bertz CT molecular complexity index is 435. The number of rotatable bonds is 8. The summed E-state index contributed by atoms with van der Waals surface area (Å²) in [7, 11) is 5.75. The quantitative estimate of drug-likeness (QED) is 0.795. The Balaban J connectivity index is 2.74. The van der Waals surface area contributed by atoms with E-state index in [4.69, 9.17) is 4.74 Å². The van der Waals surface area contributed by atoms with Crippen LogP contribution in [0.2, 0.25) is 0 Å². The van der Waals surface area contributed by atoms with Crippen LogP contribution in [0.5, 0.6) is 5.75 Å². The van der Waals surface area contributed by atoms with E-state index in [1.165, 1.54) is 6.07 Å². The minimum absolute atomic E-state index is 0.0873. The average Bonchev–Trinajstić information content (AvgIpc) is 2.41. The minimum Gasteiger partial charge on any atom is -0.496 e. The van der Waals surface area contributed by atoms with E-state index in [1.54, 1.807) is 19.2 Å². The Morgan fingerprint density at radius 2 is 1.90 bits per heavy atom. The maximum atomic E-state index is 14.1. The minimum atomic E-state index is -0.223. The predicted molar refractivity (Wildman–Crippen MR) is 86.3 cm³/mol. The van der Waals surface area contributed by atoms with Crippen molar-refractivity contribution in [3.63, 3.8) is 0 Å². The Kier molecular flexibility index (Phi) is 7.12. The molecule has 0 radical (unpaired) electrons. The molecule has 0 heterocycles. The van der Waals surface area contributed by atoms with Gasteiger partial charge in [0.15, 0.2) is 0 Å². The first kappa shape index (κ1) is 17.9. The van der Waals surface area contributed by atoms with E-state index < -0.39 is 0 Å². The van der Waals surface area contributed by atoms with E-state index in [1.807, 2.05) is 6.92 Å². The van der Waals surface area contributed by atoms with E-state index >= 15 is 0 Å². The van der Waals surface area contributed by atoms with Gasteiger partial charge >= 0.3 is 0 Å². The number of ether oxygens (including phenoxy) is 1. The third kappa shape index (κ3) is 5.29. The summed E-state index contributed by atoms with van der Waals surface area (Å²) in [6.45, 7) is 7.24. The topological polar surface area (TPSA) is 24.5 Å². The molecule has 0 aliphatic rings. The monoisotopic (exact) mass is 296 g/mol. The second-order valence-electron chi connectivity index (χ2n) is 6.23. The summed E-state index contributed by atoms with van der Waals surface area (Å²) in [5, 5.41) is 3.44. The summed E-state index contributed by atoms with van der Waals surface area (Å²) in [5.41, 5.74) is 0.599. The molecule has 2 unspecified atom stereocenters. The molecule has 0 aromatic heterocycles. The molecule has 0 saturated heterocycles. The number of nitrogens with one attached hydrogen (secondary N) is 1. The van der Waals surface area contributed by atoms with Crippen molar-refractivity contribution < 1.29 is 9.13 Å². The molecule has 1 rings (SSSR count). The summed E-state index contributed by atoms with van der Waals surface area (Å²) in [6.07, 6.45) is 1.11. The standard InChI is InChI=1S/C17H29FN2O/c1-12(2)10-14(20(4)5)11-19-13(3)17-15(18)8-7-9-16(17)21-6/h7-9,12-14,19H,10-11H2,1-6H3. The lowest BCUT2D eigenvalue weighted by molar-refractivity contribution is 0.241. The zero-order valence-electron chi connectivity index (χ0n) is 14.1. The highest BCUT2D eigenvalue weighted by atomic mass is 19.1. The Morgan fingerprint density at radius 3 is 2.43 bits per heavy atom. The van der Waals surface area contributed by atoms with Crippen molar-refractivity contribution in [2.24, 2.45) is 5.92 Å². The molecule has 0 saturated carbocycles. The molecule has 0 fully saturated rings. The first-order valence-corrected chi connectivity index (χ1v) is 7.59. The zero-order chi connectivity index (χ0) is 16.0. The fraction of sp³-hybridized carbons (Fsp3) is 0.647. The second-order valence-corrected chi connectivity index (χ2v) is 6.23.